The summed E-state index contributed by atoms with van der Waals surface area (Å²) in [4.78, 5) is 0. The van der Waals surface area contributed by atoms with Crippen molar-refractivity contribution in [3.8, 4) is 5.69 Å². The molecule has 4 heteroatoms. The van der Waals surface area contributed by atoms with Gasteiger partial charge in [-0.15, -0.1) is 0 Å². The van der Waals surface area contributed by atoms with Crippen molar-refractivity contribution in [2.75, 3.05) is 0 Å². The molecule has 0 saturated heterocycles. The summed E-state index contributed by atoms with van der Waals surface area (Å²) in [5, 5.41) is 11.5. The lowest BCUT2D eigenvalue weighted by atomic mass is 10.3. The SMILES string of the molecule is Cn1c[n+](-c2ccccc2)cc1/C=N/O. The Morgan fingerprint density at radius 2 is 2.07 bits per heavy atom. The van der Waals surface area contributed by atoms with E-state index in [1.165, 1.54) is 6.21 Å². The molecule has 15 heavy (non-hydrogen) atoms. The molecule has 0 amide bonds. The fourth-order valence-corrected chi connectivity index (χ4v) is 1.45. The summed E-state index contributed by atoms with van der Waals surface area (Å²) in [5.74, 6) is 0. The highest BCUT2D eigenvalue weighted by molar-refractivity contribution is 5.75. The zero-order valence-electron chi connectivity index (χ0n) is 8.41. The van der Waals surface area contributed by atoms with Crippen molar-refractivity contribution >= 4 is 6.21 Å². The molecule has 0 aliphatic rings. The van der Waals surface area contributed by atoms with Gasteiger partial charge in [-0.3, -0.25) is 0 Å². The summed E-state index contributed by atoms with van der Waals surface area (Å²) < 4.78 is 3.85. The molecule has 4 nitrogen and oxygen atoms in total. The Morgan fingerprint density at radius 3 is 2.73 bits per heavy atom. The molecule has 76 valence electrons. The van der Waals surface area contributed by atoms with E-state index in [1.54, 1.807) is 0 Å². The van der Waals surface area contributed by atoms with Crippen molar-refractivity contribution in [2.45, 2.75) is 0 Å². The summed E-state index contributed by atoms with van der Waals surface area (Å²) in [6, 6.07) is 9.97. The Labute approximate surface area is 87.7 Å². The van der Waals surface area contributed by atoms with Gasteiger partial charge in [0, 0.05) is 0 Å². The van der Waals surface area contributed by atoms with E-state index >= 15 is 0 Å². The standard InChI is InChI=1S/C11H11N3O/c1-13-9-14(8-11(13)7-12-15)10-5-3-2-4-6-10/h2-9H,1H3/p+1/b12-7+. The molecule has 1 heterocycles. The predicted molar refractivity (Wildman–Crippen MR) is 56.3 cm³/mol. The van der Waals surface area contributed by atoms with Crippen molar-refractivity contribution in [3.05, 3.63) is 48.5 Å². The monoisotopic (exact) mass is 202 g/mol. The number of para-hydroxylation sites is 1. The second-order valence-electron chi connectivity index (χ2n) is 3.27. The molecule has 1 N–H and O–H groups in total. The van der Waals surface area contributed by atoms with Crippen LogP contribution in [0.15, 0.2) is 48.0 Å². The molecule has 1 aromatic heterocycles. The highest BCUT2D eigenvalue weighted by Crippen LogP contribution is 1.99. The van der Waals surface area contributed by atoms with Gasteiger partial charge in [-0.05, 0) is 12.1 Å². The first kappa shape index (κ1) is 9.45. The first-order valence-corrected chi connectivity index (χ1v) is 4.62. The molecule has 0 saturated carbocycles. The van der Waals surface area contributed by atoms with Crippen LogP contribution < -0.4 is 4.57 Å². The number of hydrogen-bond acceptors (Lipinski definition) is 2. The summed E-state index contributed by atoms with van der Waals surface area (Å²) in [6.07, 6.45) is 5.22. The van der Waals surface area contributed by atoms with Gasteiger partial charge in [0.05, 0.1) is 7.05 Å². The van der Waals surface area contributed by atoms with E-state index < -0.39 is 0 Å². The Morgan fingerprint density at radius 1 is 1.33 bits per heavy atom. The van der Waals surface area contributed by atoms with Gasteiger partial charge in [0.15, 0.2) is 5.69 Å². The van der Waals surface area contributed by atoms with Gasteiger partial charge in [0.25, 0.3) is 0 Å². The van der Waals surface area contributed by atoms with Gasteiger partial charge in [0.1, 0.15) is 18.1 Å². The minimum absolute atomic E-state index is 0.835. The van der Waals surface area contributed by atoms with Crippen LogP contribution in [0.5, 0.6) is 0 Å². The van der Waals surface area contributed by atoms with Crippen LogP contribution >= 0.6 is 0 Å². The average Bonchev–Trinajstić information content (AvgIpc) is 2.63. The molecule has 0 unspecified atom stereocenters. The largest absolute Gasteiger partial charge is 0.411 e. The summed E-state index contributed by atoms with van der Waals surface area (Å²) in [5.41, 5.74) is 1.91. The maximum Gasteiger partial charge on any atom is 0.249 e. The highest BCUT2D eigenvalue weighted by Gasteiger charge is 2.09. The number of rotatable bonds is 2. The lowest BCUT2D eigenvalue weighted by molar-refractivity contribution is -0.595. The van der Waals surface area contributed by atoms with Gasteiger partial charge in [-0.1, -0.05) is 23.4 Å². The maximum absolute atomic E-state index is 8.47. The minimum Gasteiger partial charge on any atom is -0.411 e. The van der Waals surface area contributed by atoms with E-state index in [0.29, 0.717) is 0 Å². The van der Waals surface area contributed by atoms with Crippen LogP contribution in [0.4, 0.5) is 0 Å². The molecule has 0 atom stereocenters. The first-order valence-electron chi connectivity index (χ1n) is 4.62. The third-order valence-corrected chi connectivity index (χ3v) is 2.22. The Hall–Kier alpha value is -2.10. The van der Waals surface area contributed by atoms with Crippen LogP contribution in [0.25, 0.3) is 5.69 Å². The second-order valence-corrected chi connectivity index (χ2v) is 3.27. The molecule has 1 aromatic carbocycles. The van der Waals surface area contributed by atoms with E-state index in [1.807, 2.05) is 59.0 Å². The van der Waals surface area contributed by atoms with Gasteiger partial charge in [-0.25, -0.2) is 9.13 Å². The number of nitrogens with zero attached hydrogens (tertiary/aromatic N) is 3. The van der Waals surface area contributed by atoms with Gasteiger partial charge >= 0.3 is 0 Å². The molecule has 0 bridgehead atoms. The van der Waals surface area contributed by atoms with Gasteiger partial charge < -0.3 is 5.21 Å². The number of hydrogen-bond donors (Lipinski definition) is 1. The topological polar surface area (TPSA) is 41.4 Å². The van der Waals surface area contributed by atoms with Crippen molar-refractivity contribution in [1.82, 2.24) is 4.57 Å². The van der Waals surface area contributed by atoms with Crippen LogP contribution in [0, 0.1) is 0 Å². The molecule has 0 radical (unpaired) electrons. The van der Waals surface area contributed by atoms with Gasteiger partial charge in [-0.2, -0.15) is 0 Å². The van der Waals surface area contributed by atoms with Crippen LogP contribution in [0.1, 0.15) is 5.69 Å². The molecule has 0 fully saturated rings. The second kappa shape index (κ2) is 3.96. The van der Waals surface area contributed by atoms with E-state index in [0.717, 1.165) is 11.4 Å². The molecule has 2 rings (SSSR count). The quantitative estimate of drug-likeness (QED) is 0.337. The third-order valence-electron chi connectivity index (χ3n) is 2.22. The number of aryl methyl sites for hydroxylation is 1. The first-order chi connectivity index (χ1) is 7.31. The van der Waals surface area contributed by atoms with Crippen molar-refractivity contribution in [1.29, 1.82) is 0 Å². The molecule has 0 aliphatic carbocycles. The van der Waals surface area contributed by atoms with Crippen molar-refractivity contribution < 1.29 is 9.77 Å². The Kier molecular flexibility index (Phi) is 2.49. The van der Waals surface area contributed by atoms with Crippen LogP contribution in [0.3, 0.4) is 0 Å². The van der Waals surface area contributed by atoms with E-state index in [9.17, 15) is 0 Å². The lowest BCUT2D eigenvalue weighted by Crippen LogP contribution is -2.27. The molecular weight excluding hydrogens is 190 g/mol. The van der Waals surface area contributed by atoms with Crippen LogP contribution in [0.2, 0.25) is 0 Å². The Balaban J connectivity index is 2.43. The molecule has 0 spiro atoms. The number of aromatic nitrogens is 2. The smallest absolute Gasteiger partial charge is 0.249 e. The minimum atomic E-state index is 0.835. The molecular formula is C11H12N3O+. The zero-order chi connectivity index (χ0) is 10.7. The zero-order valence-corrected chi connectivity index (χ0v) is 8.41. The van der Waals surface area contributed by atoms with Crippen molar-refractivity contribution in [3.63, 3.8) is 0 Å². The number of imidazole rings is 1. The summed E-state index contributed by atoms with van der Waals surface area (Å²) >= 11 is 0. The van der Waals surface area contributed by atoms with E-state index in [2.05, 4.69) is 5.16 Å². The normalized spacial score (nSPS) is 11.0. The fraction of sp³-hybridized carbons (Fsp3) is 0.0909. The predicted octanol–water partition coefficient (Wildman–Crippen LogP) is 1.11. The maximum atomic E-state index is 8.47. The van der Waals surface area contributed by atoms with E-state index in [4.69, 9.17) is 5.21 Å². The lowest BCUT2D eigenvalue weighted by Gasteiger charge is -1.91. The summed E-state index contributed by atoms with van der Waals surface area (Å²) in [7, 11) is 1.90. The van der Waals surface area contributed by atoms with Crippen LogP contribution in [-0.2, 0) is 7.05 Å². The fourth-order valence-electron chi connectivity index (χ4n) is 1.45. The average molecular weight is 202 g/mol. The van der Waals surface area contributed by atoms with E-state index in [-0.39, 0.29) is 0 Å². The van der Waals surface area contributed by atoms with Crippen molar-refractivity contribution in [2.24, 2.45) is 12.2 Å². The highest BCUT2D eigenvalue weighted by atomic mass is 16.4. The molecule has 2 aromatic rings. The van der Waals surface area contributed by atoms with Crippen LogP contribution in [-0.4, -0.2) is 16.0 Å². The number of benzene rings is 1. The van der Waals surface area contributed by atoms with Gasteiger partial charge in [0.2, 0.25) is 6.33 Å². The molecule has 0 aliphatic heterocycles. The third kappa shape index (κ3) is 1.88. The Bertz CT molecular complexity index is 474. The number of oxime groups is 1. The summed E-state index contributed by atoms with van der Waals surface area (Å²) in [6.45, 7) is 0.